The number of amides is 1. The number of carbonyl (C=O) groups is 3. The van der Waals surface area contributed by atoms with Gasteiger partial charge in [0.05, 0.1) is 13.2 Å². The van der Waals surface area contributed by atoms with Crippen molar-refractivity contribution in [2.45, 2.75) is 199 Å². The van der Waals surface area contributed by atoms with Gasteiger partial charge in [0.2, 0.25) is 5.91 Å². The van der Waals surface area contributed by atoms with Crippen LogP contribution in [0.15, 0.2) is 48.6 Å². The predicted molar refractivity (Wildman–Crippen MR) is 231 cm³/mol. The topological polar surface area (TPSA) is 169 Å². The number of nitrogens with one attached hydrogen (secondary N) is 1. The molecule has 3 atom stereocenters. The van der Waals surface area contributed by atoms with E-state index in [1.54, 1.807) is 0 Å². The molecule has 0 aliphatic heterocycles. The average molecular weight is 826 g/mol. The number of phosphoric acid groups is 1. The molecule has 4 N–H and O–H groups in total. The van der Waals surface area contributed by atoms with Gasteiger partial charge in [0.15, 0.2) is 6.04 Å². The lowest BCUT2D eigenvalue weighted by atomic mass is 10.0. The number of carbonyl (C=O) groups excluding carboxylic acids is 2. The normalized spacial score (nSPS) is 14.2. The van der Waals surface area contributed by atoms with Crippen LogP contribution in [-0.2, 0) is 32.7 Å². The summed E-state index contributed by atoms with van der Waals surface area (Å²) in [6, 6.07) is -1.55. The average Bonchev–Trinajstić information content (AvgIpc) is 3.18. The number of aliphatic hydroxyl groups is 1. The van der Waals surface area contributed by atoms with Crippen LogP contribution >= 0.6 is 7.82 Å². The zero-order valence-electron chi connectivity index (χ0n) is 35.6. The Labute approximate surface area is 345 Å². The minimum Gasteiger partial charge on any atom is -0.480 e. The standard InChI is InChI=1S/C45H80NO10P/c1-3-5-7-9-11-13-15-17-19-20-21-22-23-25-27-29-31-33-35-37-44(49)54-38-41(47)39-55-57(52,53)56-40-42(45(50)51)46-43(48)36-34-32-30-28-26-24-18-16-14-12-10-8-6-4-2/h11,13,17,19,21-22,25,27,41-42,47H,3-10,12,14-16,18,20,23-24,26,28-40H2,1-2H3,(H,46,48)(H,50,51)(H,52,53)/b13-11-,19-17-,22-21-,27-25-. The van der Waals surface area contributed by atoms with Gasteiger partial charge in [-0.05, 0) is 57.8 Å². The maximum atomic E-state index is 12.3. The molecular weight excluding hydrogens is 745 g/mol. The van der Waals surface area contributed by atoms with Crippen molar-refractivity contribution in [2.24, 2.45) is 0 Å². The van der Waals surface area contributed by atoms with Crippen molar-refractivity contribution in [1.29, 1.82) is 0 Å². The first-order valence-electron chi connectivity index (χ1n) is 22.2. The maximum Gasteiger partial charge on any atom is 0.472 e. The zero-order chi connectivity index (χ0) is 42.1. The third-order valence-corrected chi connectivity index (χ3v) is 10.3. The Hall–Kier alpha value is -2.56. The van der Waals surface area contributed by atoms with E-state index in [0.29, 0.717) is 12.8 Å². The Morgan fingerprint density at radius 3 is 1.47 bits per heavy atom. The number of hydrogen-bond acceptors (Lipinski definition) is 8. The summed E-state index contributed by atoms with van der Waals surface area (Å²) in [5.41, 5.74) is 0. The Morgan fingerprint density at radius 2 is 0.965 bits per heavy atom. The fourth-order valence-corrected chi connectivity index (χ4v) is 6.66. The molecule has 0 rings (SSSR count). The second-order valence-electron chi connectivity index (χ2n) is 14.9. The number of ether oxygens (including phenoxy) is 1. The summed E-state index contributed by atoms with van der Waals surface area (Å²) >= 11 is 0. The molecule has 0 aromatic heterocycles. The van der Waals surface area contributed by atoms with Crippen molar-refractivity contribution in [3.8, 4) is 0 Å². The number of aliphatic hydroxyl groups excluding tert-OH is 1. The van der Waals surface area contributed by atoms with Gasteiger partial charge < -0.3 is 25.2 Å². The molecule has 11 nitrogen and oxygen atoms in total. The monoisotopic (exact) mass is 826 g/mol. The Morgan fingerprint density at radius 1 is 0.561 bits per heavy atom. The molecule has 0 spiro atoms. The van der Waals surface area contributed by atoms with Gasteiger partial charge >= 0.3 is 19.8 Å². The first-order chi connectivity index (χ1) is 27.6. The quantitative estimate of drug-likeness (QED) is 0.0201. The number of carboxylic acids is 1. The summed E-state index contributed by atoms with van der Waals surface area (Å²) in [5.74, 6) is -2.40. The van der Waals surface area contributed by atoms with Gasteiger partial charge in [-0.2, -0.15) is 0 Å². The van der Waals surface area contributed by atoms with Gasteiger partial charge in [-0.3, -0.25) is 18.6 Å². The van der Waals surface area contributed by atoms with Crippen molar-refractivity contribution in [3.63, 3.8) is 0 Å². The van der Waals surface area contributed by atoms with Crippen LogP contribution in [0.3, 0.4) is 0 Å². The first kappa shape index (κ1) is 54.4. The minimum atomic E-state index is -4.76. The molecule has 0 fully saturated rings. The lowest BCUT2D eigenvalue weighted by Gasteiger charge is -2.18. The van der Waals surface area contributed by atoms with Gasteiger partial charge in [-0.25, -0.2) is 9.36 Å². The molecule has 12 heteroatoms. The fraction of sp³-hybridized carbons (Fsp3) is 0.756. The minimum absolute atomic E-state index is 0.145. The van der Waals surface area contributed by atoms with E-state index in [1.807, 2.05) is 0 Å². The Bertz CT molecular complexity index is 1150. The highest BCUT2D eigenvalue weighted by Crippen LogP contribution is 2.43. The third-order valence-electron chi connectivity index (χ3n) is 9.37. The number of aliphatic carboxylic acids is 1. The van der Waals surface area contributed by atoms with Crippen LogP contribution in [0, 0.1) is 0 Å². The number of esters is 1. The van der Waals surface area contributed by atoms with E-state index >= 15 is 0 Å². The fourth-order valence-electron chi connectivity index (χ4n) is 5.89. The summed E-state index contributed by atoms with van der Waals surface area (Å²) < 4.78 is 26.8. The van der Waals surface area contributed by atoms with Crippen LogP contribution in [0.2, 0.25) is 0 Å². The molecule has 0 aromatic rings. The van der Waals surface area contributed by atoms with E-state index in [2.05, 4.69) is 67.8 Å². The van der Waals surface area contributed by atoms with Crippen LogP contribution < -0.4 is 5.32 Å². The van der Waals surface area contributed by atoms with Gasteiger partial charge in [-0.1, -0.05) is 165 Å². The van der Waals surface area contributed by atoms with Crippen LogP contribution in [0.25, 0.3) is 0 Å². The van der Waals surface area contributed by atoms with Crippen LogP contribution in [0.1, 0.15) is 187 Å². The smallest absolute Gasteiger partial charge is 0.472 e. The summed E-state index contributed by atoms with van der Waals surface area (Å²) in [4.78, 5) is 45.9. The highest BCUT2D eigenvalue weighted by Gasteiger charge is 2.28. The van der Waals surface area contributed by atoms with Crippen molar-refractivity contribution in [3.05, 3.63) is 48.6 Å². The van der Waals surface area contributed by atoms with Gasteiger partial charge in [-0.15, -0.1) is 0 Å². The maximum absolute atomic E-state index is 12.3. The Balaban J connectivity index is 3.95. The van der Waals surface area contributed by atoms with Crippen molar-refractivity contribution in [1.82, 2.24) is 5.32 Å². The SMILES string of the molecule is CCCCC/C=C\C/C=C\C/C=C\C/C=C\CCCCCC(=O)OCC(O)COP(=O)(O)OCC(NC(=O)CCCCCCCCCCCCCCCC)C(=O)O. The molecule has 0 heterocycles. The third kappa shape index (κ3) is 40.0. The second kappa shape index (κ2) is 40.2. The number of unbranched alkanes of at least 4 members (excludes halogenated alkanes) is 19. The number of hydrogen-bond donors (Lipinski definition) is 4. The lowest BCUT2D eigenvalue weighted by Crippen LogP contribution is -2.43. The van der Waals surface area contributed by atoms with E-state index in [-0.39, 0.29) is 12.8 Å². The summed E-state index contributed by atoms with van der Waals surface area (Å²) in [6.45, 7) is 2.53. The molecule has 0 aliphatic carbocycles. The molecule has 1 amide bonds. The molecular formula is C45H80NO10P. The summed E-state index contributed by atoms with van der Waals surface area (Å²) in [7, 11) is -4.76. The molecule has 0 saturated heterocycles. The molecule has 330 valence electrons. The number of phosphoric ester groups is 1. The molecule has 0 bridgehead atoms. The molecule has 0 saturated carbocycles. The van der Waals surface area contributed by atoms with Crippen molar-refractivity contribution >= 4 is 25.7 Å². The van der Waals surface area contributed by atoms with Crippen LogP contribution in [0.5, 0.6) is 0 Å². The summed E-state index contributed by atoms with van der Waals surface area (Å²) in [6.07, 6.45) is 44.2. The molecule has 3 unspecified atom stereocenters. The molecule has 0 radical (unpaired) electrons. The first-order valence-corrected chi connectivity index (χ1v) is 23.7. The number of rotatable bonds is 41. The molecule has 0 aromatic carbocycles. The van der Waals surface area contributed by atoms with Gasteiger partial charge in [0.1, 0.15) is 12.7 Å². The predicted octanol–water partition coefficient (Wildman–Crippen LogP) is 11.4. The van der Waals surface area contributed by atoms with Crippen LogP contribution in [0.4, 0.5) is 0 Å². The molecule has 0 aliphatic rings. The van der Waals surface area contributed by atoms with E-state index in [9.17, 15) is 34.1 Å². The van der Waals surface area contributed by atoms with E-state index in [4.69, 9.17) is 13.8 Å². The van der Waals surface area contributed by atoms with Crippen LogP contribution in [-0.4, -0.2) is 64.9 Å². The largest absolute Gasteiger partial charge is 0.480 e. The van der Waals surface area contributed by atoms with E-state index in [0.717, 1.165) is 57.8 Å². The lowest BCUT2D eigenvalue weighted by molar-refractivity contribution is -0.147. The zero-order valence-corrected chi connectivity index (χ0v) is 36.5. The Kier molecular flexibility index (Phi) is 38.4. The summed E-state index contributed by atoms with van der Waals surface area (Å²) in [5, 5.41) is 21.8. The number of allylic oxidation sites excluding steroid dienone is 8. The number of carboxylic acid groups (broad SMARTS) is 1. The highest BCUT2D eigenvalue weighted by atomic mass is 31.2. The highest BCUT2D eigenvalue weighted by molar-refractivity contribution is 7.47. The van der Waals surface area contributed by atoms with Crippen molar-refractivity contribution < 1.29 is 47.8 Å². The van der Waals surface area contributed by atoms with E-state index < -0.39 is 57.6 Å². The second-order valence-corrected chi connectivity index (χ2v) is 16.3. The van der Waals surface area contributed by atoms with Gasteiger partial charge in [0.25, 0.3) is 0 Å². The van der Waals surface area contributed by atoms with Crippen molar-refractivity contribution in [2.75, 3.05) is 19.8 Å². The van der Waals surface area contributed by atoms with E-state index in [1.165, 1.54) is 89.9 Å². The van der Waals surface area contributed by atoms with Gasteiger partial charge in [0, 0.05) is 12.8 Å². The molecule has 57 heavy (non-hydrogen) atoms.